The second-order valence-electron chi connectivity index (χ2n) is 6.52. The summed E-state index contributed by atoms with van der Waals surface area (Å²) in [7, 11) is 0. The van der Waals surface area contributed by atoms with Crippen molar-refractivity contribution in [3.63, 3.8) is 0 Å². The molecular formula is C22H19N3. The summed E-state index contributed by atoms with van der Waals surface area (Å²) >= 11 is 0. The van der Waals surface area contributed by atoms with Crippen molar-refractivity contribution in [3.8, 4) is 6.07 Å². The molecule has 1 fully saturated rings. The molecule has 25 heavy (non-hydrogen) atoms. The van der Waals surface area contributed by atoms with Crippen molar-refractivity contribution >= 4 is 5.69 Å². The lowest BCUT2D eigenvalue weighted by molar-refractivity contribution is 0.851. The predicted octanol–water partition coefficient (Wildman–Crippen LogP) is 4.84. The lowest BCUT2D eigenvalue weighted by atomic mass is 9.98. The number of hydrogen-bond donors (Lipinski definition) is 1. The molecule has 3 heteroatoms. The second-order valence-corrected chi connectivity index (χ2v) is 6.52. The van der Waals surface area contributed by atoms with Gasteiger partial charge in [-0.2, -0.15) is 5.26 Å². The van der Waals surface area contributed by atoms with E-state index in [1.807, 2.05) is 24.3 Å². The van der Waals surface area contributed by atoms with E-state index in [1.54, 1.807) is 6.20 Å². The standard InChI is InChI=1S/C22H19N3/c23-16-22(12-13-22)20-15-19(11-14-24-20)25-21(17-7-3-1-4-8-17)18-9-5-2-6-10-18/h1-11,14-15,21H,12-13H2,(H,24,25). The number of anilines is 1. The molecule has 0 radical (unpaired) electrons. The number of hydrogen-bond acceptors (Lipinski definition) is 3. The van der Waals surface area contributed by atoms with Gasteiger partial charge in [0.2, 0.25) is 0 Å². The summed E-state index contributed by atoms with van der Waals surface area (Å²) in [6.07, 6.45) is 3.60. The Morgan fingerprint density at radius 3 is 2.04 bits per heavy atom. The maximum atomic E-state index is 9.43. The van der Waals surface area contributed by atoms with Crippen LogP contribution >= 0.6 is 0 Å². The average Bonchev–Trinajstić information content (AvgIpc) is 3.49. The van der Waals surface area contributed by atoms with Crippen LogP contribution in [0.25, 0.3) is 0 Å². The van der Waals surface area contributed by atoms with Crippen LogP contribution in [0.5, 0.6) is 0 Å². The highest BCUT2D eigenvalue weighted by molar-refractivity contribution is 5.52. The molecule has 1 heterocycles. The molecule has 1 saturated carbocycles. The zero-order chi connectivity index (χ0) is 17.1. The molecule has 0 spiro atoms. The first-order valence-electron chi connectivity index (χ1n) is 8.55. The third kappa shape index (κ3) is 3.12. The maximum absolute atomic E-state index is 9.43. The van der Waals surface area contributed by atoms with Gasteiger partial charge in [-0.1, -0.05) is 60.7 Å². The Morgan fingerprint density at radius 2 is 1.52 bits per heavy atom. The lowest BCUT2D eigenvalue weighted by Crippen LogP contribution is -2.13. The summed E-state index contributed by atoms with van der Waals surface area (Å²) < 4.78 is 0. The van der Waals surface area contributed by atoms with Crippen LogP contribution in [0, 0.1) is 11.3 Å². The molecule has 2 aromatic carbocycles. The number of benzene rings is 2. The van der Waals surface area contributed by atoms with Crippen LogP contribution in [-0.4, -0.2) is 4.98 Å². The molecule has 0 aliphatic heterocycles. The smallest absolute Gasteiger partial charge is 0.0995 e. The van der Waals surface area contributed by atoms with Crippen molar-refractivity contribution in [2.24, 2.45) is 0 Å². The summed E-state index contributed by atoms with van der Waals surface area (Å²) in [5.74, 6) is 0. The summed E-state index contributed by atoms with van der Waals surface area (Å²) in [5, 5.41) is 13.1. The van der Waals surface area contributed by atoms with Gasteiger partial charge in [-0.05, 0) is 36.1 Å². The van der Waals surface area contributed by atoms with Crippen LogP contribution in [0.2, 0.25) is 0 Å². The van der Waals surface area contributed by atoms with Gasteiger partial charge in [-0.25, -0.2) is 0 Å². The summed E-state index contributed by atoms with van der Waals surface area (Å²) in [6, 6.07) is 27.3. The fourth-order valence-electron chi connectivity index (χ4n) is 3.15. The molecule has 0 unspecified atom stereocenters. The van der Waals surface area contributed by atoms with Crippen molar-refractivity contribution in [2.45, 2.75) is 24.3 Å². The van der Waals surface area contributed by atoms with E-state index in [-0.39, 0.29) is 11.5 Å². The number of pyridine rings is 1. The normalized spacial score (nSPS) is 14.7. The Hall–Kier alpha value is -3.12. The SMILES string of the molecule is N#CC1(c2cc(NC(c3ccccc3)c3ccccc3)ccn2)CC1. The quantitative estimate of drug-likeness (QED) is 0.730. The fraction of sp³-hybridized carbons (Fsp3) is 0.182. The molecule has 1 aromatic heterocycles. The van der Waals surface area contributed by atoms with Gasteiger partial charge in [0.1, 0.15) is 0 Å². The van der Waals surface area contributed by atoms with Gasteiger partial charge in [0.25, 0.3) is 0 Å². The zero-order valence-electron chi connectivity index (χ0n) is 13.9. The predicted molar refractivity (Wildman–Crippen MR) is 99.1 cm³/mol. The minimum Gasteiger partial charge on any atom is -0.374 e. The Morgan fingerprint density at radius 1 is 0.920 bits per heavy atom. The van der Waals surface area contributed by atoms with Crippen molar-refractivity contribution in [2.75, 3.05) is 5.32 Å². The maximum Gasteiger partial charge on any atom is 0.0995 e. The Bertz CT molecular complexity index is 854. The van der Waals surface area contributed by atoms with Crippen LogP contribution in [0.15, 0.2) is 79.0 Å². The third-order valence-electron chi connectivity index (χ3n) is 4.79. The topological polar surface area (TPSA) is 48.7 Å². The van der Waals surface area contributed by atoms with Gasteiger partial charge < -0.3 is 5.32 Å². The highest BCUT2D eigenvalue weighted by atomic mass is 14.9. The van der Waals surface area contributed by atoms with Gasteiger partial charge >= 0.3 is 0 Å². The molecule has 1 N–H and O–H groups in total. The zero-order valence-corrected chi connectivity index (χ0v) is 13.9. The second kappa shape index (κ2) is 6.41. The van der Waals surface area contributed by atoms with Gasteiger partial charge in [0.05, 0.1) is 23.2 Å². The van der Waals surface area contributed by atoms with Crippen LogP contribution in [0.3, 0.4) is 0 Å². The van der Waals surface area contributed by atoms with E-state index in [1.165, 1.54) is 11.1 Å². The number of rotatable bonds is 5. The largest absolute Gasteiger partial charge is 0.374 e. The Kier molecular flexibility index (Phi) is 3.95. The minimum absolute atomic E-state index is 0.0508. The van der Waals surface area contributed by atoms with Crippen molar-refractivity contribution in [1.82, 2.24) is 4.98 Å². The summed E-state index contributed by atoms with van der Waals surface area (Å²) in [4.78, 5) is 4.43. The highest BCUT2D eigenvalue weighted by Crippen LogP contribution is 2.47. The first-order valence-corrected chi connectivity index (χ1v) is 8.55. The Labute approximate surface area is 148 Å². The van der Waals surface area contributed by atoms with E-state index >= 15 is 0 Å². The molecule has 1 aliphatic rings. The third-order valence-corrected chi connectivity index (χ3v) is 4.79. The minimum atomic E-state index is -0.368. The molecule has 1 aliphatic carbocycles. The van der Waals surface area contributed by atoms with E-state index in [0.29, 0.717) is 0 Å². The van der Waals surface area contributed by atoms with Gasteiger partial charge in [0, 0.05) is 11.9 Å². The van der Waals surface area contributed by atoms with Crippen molar-refractivity contribution in [1.29, 1.82) is 5.26 Å². The monoisotopic (exact) mass is 325 g/mol. The van der Waals surface area contributed by atoms with Crippen LogP contribution in [-0.2, 0) is 5.41 Å². The van der Waals surface area contributed by atoms with Crippen molar-refractivity contribution < 1.29 is 0 Å². The number of nitrogens with zero attached hydrogens (tertiary/aromatic N) is 2. The lowest BCUT2D eigenvalue weighted by Gasteiger charge is -2.21. The molecule has 0 amide bonds. The molecule has 4 rings (SSSR count). The number of nitriles is 1. The summed E-state index contributed by atoms with van der Waals surface area (Å²) in [5.41, 5.74) is 3.90. The first kappa shape index (κ1) is 15.4. The molecule has 0 saturated heterocycles. The van der Waals surface area contributed by atoms with Crippen LogP contribution in [0.1, 0.15) is 35.7 Å². The van der Waals surface area contributed by atoms with E-state index in [0.717, 1.165) is 24.2 Å². The molecular weight excluding hydrogens is 306 g/mol. The van der Waals surface area contributed by atoms with Gasteiger partial charge in [-0.3, -0.25) is 4.98 Å². The van der Waals surface area contributed by atoms with Gasteiger partial charge in [0.15, 0.2) is 0 Å². The van der Waals surface area contributed by atoms with Crippen LogP contribution in [0.4, 0.5) is 5.69 Å². The molecule has 0 atom stereocenters. The highest BCUT2D eigenvalue weighted by Gasteiger charge is 2.46. The van der Waals surface area contributed by atoms with E-state index < -0.39 is 0 Å². The summed E-state index contributed by atoms with van der Waals surface area (Å²) in [6.45, 7) is 0. The van der Waals surface area contributed by atoms with Crippen molar-refractivity contribution in [3.05, 3.63) is 95.8 Å². The molecule has 3 aromatic rings. The van der Waals surface area contributed by atoms with E-state index in [2.05, 4.69) is 64.9 Å². The van der Waals surface area contributed by atoms with E-state index in [4.69, 9.17) is 0 Å². The van der Waals surface area contributed by atoms with Gasteiger partial charge in [-0.15, -0.1) is 0 Å². The fourth-order valence-corrected chi connectivity index (χ4v) is 3.15. The molecule has 0 bridgehead atoms. The van der Waals surface area contributed by atoms with E-state index in [9.17, 15) is 5.26 Å². The first-order chi connectivity index (χ1) is 12.3. The molecule has 122 valence electrons. The molecule has 3 nitrogen and oxygen atoms in total. The van der Waals surface area contributed by atoms with Crippen LogP contribution < -0.4 is 5.32 Å². The average molecular weight is 325 g/mol. The Balaban J connectivity index is 1.68. The number of aromatic nitrogens is 1. The number of nitrogens with one attached hydrogen (secondary N) is 1.